The van der Waals surface area contributed by atoms with E-state index in [2.05, 4.69) is 20.1 Å². The van der Waals surface area contributed by atoms with Gasteiger partial charge in [-0.15, -0.1) is 0 Å². The minimum absolute atomic E-state index is 0.0689. The Hall–Kier alpha value is -2.81. The molecule has 2 fully saturated rings. The Kier molecular flexibility index (Phi) is 8.59. The van der Waals surface area contributed by atoms with Crippen LogP contribution in [0, 0.1) is 11.7 Å². The number of carbonyl (C=O) groups excluding carboxylic acids is 1. The van der Waals surface area contributed by atoms with Gasteiger partial charge in [-0.2, -0.15) is 14.8 Å². The number of fused-ring (bicyclic) bond motifs is 1. The zero-order valence-electron chi connectivity index (χ0n) is 24.7. The molecule has 0 radical (unpaired) electrons. The molecule has 5 rings (SSSR count). The van der Waals surface area contributed by atoms with Gasteiger partial charge in [0.25, 0.3) is 5.95 Å². The fourth-order valence-corrected chi connectivity index (χ4v) is 6.43. The third kappa shape index (κ3) is 6.56. The van der Waals surface area contributed by atoms with Crippen molar-refractivity contribution in [1.29, 1.82) is 0 Å². The van der Waals surface area contributed by atoms with Gasteiger partial charge in [-0.1, -0.05) is 38.8 Å². The van der Waals surface area contributed by atoms with E-state index in [0.717, 1.165) is 56.3 Å². The monoisotopic (exact) mass is 553 g/mol. The molecule has 2 aromatic heterocycles. The maximum absolute atomic E-state index is 14.8. The average Bonchev–Trinajstić information content (AvgIpc) is 3.51. The Bertz CT molecular complexity index is 1300. The number of rotatable bonds is 6. The molecule has 40 heavy (non-hydrogen) atoms. The number of piperidine rings is 1. The number of benzene rings is 1. The Morgan fingerprint density at radius 3 is 2.58 bits per heavy atom. The molecule has 2 unspecified atom stereocenters. The van der Waals surface area contributed by atoms with E-state index < -0.39 is 5.60 Å². The second kappa shape index (κ2) is 12.0. The van der Waals surface area contributed by atoms with Gasteiger partial charge in [-0.3, -0.25) is 4.79 Å². The number of para-hydroxylation sites is 1. The highest BCUT2D eigenvalue weighted by atomic mass is 19.1. The van der Waals surface area contributed by atoms with Crippen molar-refractivity contribution in [2.75, 3.05) is 13.1 Å². The van der Waals surface area contributed by atoms with Crippen LogP contribution in [0.25, 0.3) is 16.9 Å². The van der Waals surface area contributed by atoms with Gasteiger partial charge in [-0.05, 0) is 95.4 Å². The largest absolute Gasteiger partial charge is 0.460 e. The summed E-state index contributed by atoms with van der Waals surface area (Å²) in [4.78, 5) is 19.7. The lowest BCUT2D eigenvalue weighted by atomic mass is 9.85. The molecule has 8 nitrogen and oxygen atoms in total. The predicted octanol–water partition coefficient (Wildman–Crippen LogP) is 6.92. The van der Waals surface area contributed by atoms with Gasteiger partial charge in [0.1, 0.15) is 16.9 Å². The second-order valence-corrected chi connectivity index (χ2v) is 13.0. The lowest BCUT2D eigenvalue weighted by Gasteiger charge is -2.38. The zero-order chi connectivity index (χ0) is 28.4. The fourth-order valence-electron chi connectivity index (χ4n) is 6.43. The topological polar surface area (TPSA) is 86.3 Å². The van der Waals surface area contributed by atoms with Crippen LogP contribution in [0.5, 0.6) is 0 Å². The van der Waals surface area contributed by atoms with E-state index in [1.807, 2.05) is 40.7 Å². The van der Waals surface area contributed by atoms with Crippen LogP contribution in [-0.4, -0.2) is 55.5 Å². The highest BCUT2D eigenvalue weighted by molar-refractivity contribution is 5.84. The summed E-state index contributed by atoms with van der Waals surface area (Å²) in [6.45, 7) is 11.9. The maximum atomic E-state index is 14.8. The van der Waals surface area contributed by atoms with Crippen LogP contribution < -0.4 is 0 Å². The molecule has 1 aromatic carbocycles. The Morgan fingerprint density at radius 1 is 1.10 bits per heavy atom. The number of likely N-dealkylation sites (tertiary alicyclic amines) is 1. The molecule has 1 saturated carbocycles. The third-order valence-electron chi connectivity index (χ3n) is 8.43. The number of halogens is 1. The van der Waals surface area contributed by atoms with Crippen molar-refractivity contribution in [2.45, 2.75) is 116 Å². The first-order chi connectivity index (χ1) is 19.1. The van der Waals surface area contributed by atoms with Crippen molar-refractivity contribution < 1.29 is 18.4 Å². The van der Waals surface area contributed by atoms with Crippen molar-refractivity contribution in [3.05, 3.63) is 35.6 Å². The van der Waals surface area contributed by atoms with Crippen molar-refractivity contribution >= 4 is 16.9 Å². The normalized spacial score (nSPS) is 22.0. The molecule has 218 valence electrons. The highest BCUT2D eigenvalue weighted by Gasteiger charge is 2.31. The molecule has 1 aliphatic heterocycles. The molecular formula is C31H44FN5O3. The highest BCUT2D eigenvalue weighted by Crippen LogP contribution is 2.34. The van der Waals surface area contributed by atoms with Crippen molar-refractivity contribution in [3.8, 4) is 5.95 Å². The van der Waals surface area contributed by atoms with E-state index in [1.54, 1.807) is 6.07 Å². The Morgan fingerprint density at radius 2 is 1.85 bits per heavy atom. The van der Waals surface area contributed by atoms with Crippen molar-refractivity contribution in [1.82, 2.24) is 24.8 Å². The summed E-state index contributed by atoms with van der Waals surface area (Å²) >= 11 is 0. The summed E-state index contributed by atoms with van der Waals surface area (Å²) < 4.78 is 27.6. The number of hydrogen-bond donors (Lipinski definition) is 0. The van der Waals surface area contributed by atoms with Crippen LogP contribution in [0.2, 0.25) is 0 Å². The first-order valence-electron chi connectivity index (χ1n) is 15.1. The van der Waals surface area contributed by atoms with E-state index >= 15 is 0 Å². The molecule has 0 amide bonds. The van der Waals surface area contributed by atoms with Gasteiger partial charge in [0.2, 0.25) is 5.89 Å². The zero-order valence-corrected chi connectivity index (χ0v) is 24.7. The van der Waals surface area contributed by atoms with Gasteiger partial charge in [0.15, 0.2) is 0 Å². The summed E-state index contributed by atoms with van der Waals surface area (Å²) in [5.41, 5.74) is 0.786. The van der Waals surface area contributed by atoms with Crippen LogP contribution in [-0.2, 0) is 9.53 Å². The molecule has 9 heteroatoms. The number of nitrogens with zero attached hydrogens (tertiary/aromatic N) is 5. The van der Waals surface area contributed by atoms with Crippen LogP contribution in [0.15, 0.2) is 22.7 Å². The summed E-state index contributed by atoms with van der Waals surface area (Å²) in [5, 5.41) is 9.65. The number of aromatic nitrogens is 4. The van der Waals surface area contributed by atoms with E-state index in [9.17, 15) is 9.18 Å². The summed E-state index contributed by atoms with van der Waals surface area (Å²) in [7, 11) is 0. The van der Waals surface area contributed by atoms with Crippen LogP contribution in [0.3, 0.4) is 0 Å². The molecule has 0 N–H and O–H groups in total. The predicted molar refractivity (Wildman–Crippen MR) is 152 cm³/mol. The first-order valence-corrected chi connectivity index (χ1v) is 15.1. The molecular weight excluding hydrogens is 509 g/mol. The molecule has 0 bridgehead atoms. The van der Waals surface area contributed by atoms with Crippen LogP contribution in [0.1, 0.15) is 116 Å². The van der Waals surface area contributed by atoms with Gasteiger partial charge >= 0.3 is 5.97 Å². The smallest absolute Gasteiger partial charge is 0.306 e. The third-order valence-corrected chi connectivity index (χ3v) is 8.43. The number of ether oxygens (including phenoxy) is 1. The van der Waals surface area contributed by atoms with Crippen molar-refractivity contribution in [2.24, 2.45) is 5.92 Å². The number of carbonyl (C=O) groups is 1. The molecule has 2 aliphatic rings. The van der Waals surface area contributed by atoms with Crippen LogP contribution in [0.4, 0.5) is 4.39 Å². The molecule has 0 spiro atoms. The quantitative estimate of drug-likeness (QED) is 0.306. The molecule has 1 aliphatic carbocycles. The lowest BCUT2D eigenvalue weighted by molar-refractivity contribution is -0.156. The van der Waals surface area contributed by atoms with E-state index in [-0.39, 0.29) is 29.6 Å². The molecule has 1 saturated heterocycles. The number of hydrogen-bond acceptors (Lipinski definition) is 7. The fraction of sp³-hybridized carbons (Fsp3) is 0.677. The molecule has 3 aromatic rings. The van der Waals surface area contributed by atoms with Gasteiger partial charge in [-0.25, -0.2) is 4.39 Å². The van der Waals surface area contributed by atoms with Gasteiger partial charge in [0, 0.05) is 23.8 Å². The minimum atomic E-state index is -0.426. The van der Waals surface area contributed by atoms with Gasteiger partial charge < -0.3 is 14.2 Å². The lowest BCUT2D eigenvalue weighted by Crippen LogP contribution is -2.41. The standard InChI is InChI=1S/C31H44FN5O3/c1-20(2)27-24-11-8-12-25(32)28(24)37(34-27)30-33-29(40-35-30)22-15-17-36(18-16-22)23-10-7-6-9-21(13-14-23)19-26(38)39-31(3,4)5/h8,11-12,20-23H,6-7,9-10,13-19H2,1-5H3. The number of esters is 1. The van der Waals surface area contributed by atoms with E-state index in [1.165, 1.54) is 30.0 Å². The Balaban J connectivity index is 1.20. The van der Waals surface area contributed by atoms with E-state index in [0.29, 0.717) is 29.8 Å². The first kappa shape index (κ1) is 28.7. The van der Waals surface area contributed by atoms with Gasteiger partial charge in [0.05, 0.1) is 5.69 Å². The molecule has 3 heterocycles. The van der Waals surface area contributed by atoms with E-state index in [4.69, 9.17) is 9.26 Å². The average molecular weight is 554 g/mol. The summed E-state index contributed by atoms with van der Waals surface area (Å²) in [6.07, 6.45) is 9.33. The van der Waals surface area contributed by atoms with Crippen molar-refractivity contribution in [3.63, 3.8) is 0 Å². The Labute approximate surface area is 236 Å². The second-order valence-electron chi connectivity index (χ2n) is 13.0. The summed E-state index contributed by atoms with van der Waals surface area (Å²) in [6, 6.07) is 5.59. The minimum Gasteiger partial charge on any atom is -0.460 e. The summed E-state index contributed by atoms with van der Waals surface area (Å²) in [5.74, 6) is 1.21. The maximum Gasteiger partial charge on any atom is 0.306 e. The molecule has 2 atom stereocenters. The SMILES string of the molecule is CC(C)c1nn(-c2noc(C3CCN(C4CCCCC(CC(=O)OC(C)(C)C)CC4)CC3)n2)c2c(F)cccc12. The van der Waals surface area contributed by atoms with Crippen LogP contribution >= 0.6 is 0 Å².